The van der Waals surface area contributed by atoms with E-state index in [1.807, 2.05) is 0 Å². The standard InChI is InChI=1S/C11H13N3O2/c1-11(2,6-12)14-9(15)7-3-4-13-5-8(7)10(14)16/h3-5H,6,12H2,1-2H3. The third kappa shape index (κ3) is 1.32. The Kier molecular flexibility index (Phi) is 2.27. The van der Waals surface area contributed by atoms with E-state index in [4.69, 9.17) is 5.73 Å². The normalized spacial score (nSPS) is 15.6. The molecule has 2 amide bonds. The van der Waals surface area contributed by atoms with Gasteiger partial charge in [0, 0.05) is 18.9 Å². The van der Waals surface area contributed by atoms with E-state index in [2.05, 4.69) is 4.98 Å². The summed E-state index contributed by atoms with van der Waals surface area (Å²) in [4.78, 5) is 29.1. The van der Waals surface area contributed by atoms with Crippen LogP contribution < -0.4 is 5.73 Å². The van der Waals surface area contributed by atoms with Gasteiger partial charge in [0.15, 0.2) is 0 Å². The van der Waals surface area contributed by atoms with Crippen molar-refractivity contribution in [1.29, 1.82) is 0 Å². The van der Waals surface area contributed by atoms with Crippen molar-refractivity contribution in [2.75, 3.05) is 6.54 Å². The zero-order valence-electron chi connectivity index (χ0n) is 9.23. The second-order valence-corrected chi connectivity index (χ2v) is 4.38. The van der Waals surface area contributed by atoms with Gasteiger partial charge in [0.05, 0.1) is 16.7 Å². The molecule has 84 valence electrons. The lowest BCUT2D eigenvalue weighted by Crippen LogP contribution is -2.52. The highest BCUT2D eigenvalue weighted by atomic mass is 16.2. The average Bonchev–Trinajstić information content (AvgIpc) is 2.53. The molecule has 0 fully saturated rings. The lowest BCUT2D eigenvalue weighted by atomic mass is 10.0. The van der Waals surface area contributed by atoms with E-state index in [0.29, 0.717) is 11.1 Å². The quantitative estimate of drug-likeness (QED) is 0.731. The van der Waals surface area contributed by atoms with Crippen molar-refractivity contribution in [2.24, 2.45) is 5.73 Å². The van der Waals surface area contributed by atoms with Crippen LogP contribution in [0.1, 0.15) is 34.6 Å². The van der Waals surface area contributed by atoms with Crippen molar-refractivity contribution in [3.05, 3.63) is 29.6 Å². The van der Waals surface area contributed by atoms with Crippen LogP contribution in [0, 0.1) is 0 Å². The summed E-state index contributed by atoms with van der Waals surface area (Å²) in [6, 6.07) is 1.56. The predicted octanol–water partition coefficient (Wildman–Crippen LogP) is 0.415. The van der Waals surface area contributed by atoms with E-state index in [1.54, 1.807) is 19.9 Å². The van der Waals surface area contributed by atoms with E-state index in [9.17, 15) is 9.59 Å². The van der Waals surface area contributed by atoms with E-state index >= 15 is 0 Å². The Balaban J connectivity index is 2.51. The third-order valence-electron chi connectivity index (χ3n) is 2.79. The second kappa shape index (κ2) is 3.38. The van der Waals surface area contributed by atoms with Gasteiger partial charge in [0.25, 0.3) is 11.8 Å². The SMILES string of the molecule is CC(C)(CN)N1C(=O)c2ccncc2C1=O. The Bertz CT molecular complexity index is 433. The van der Waals surface area contributed by atoms with Gasteiger partial charge in [-0.25, -0.2) is 0 Å². The summed E-state index contributed by atoms with van der Waals surface area (Å²) in [5, 5.41) is 0. The molecule has 0 aliphatic carbocycles. The molecular weight excluding hydrogens is 206 g/mol. The van der Waals surface area contributed by atoms with Crippen molar-refractivity contribution in [3.8, 4) is 0 Å². The minimum absolute atomic E-state index is 0.228. The number of aromatic nitrogens is 1. The summed E-state index contributed by atoms with van der Waals surface area (Å²) in [7, 11) is 0. The molecule has 5 heteroatoms. The topological polar surface area (TPSA) is 76.3 Å². The maximum absolute atomic E-state index is 12.0. The zero-order chi connectivity index (χ0) is 11.9. The number of pyridine rings is 1. The van der Waals surface area contributed by atoms with Crippen LogP contribution in [0.25, 0.3) is 0 Å². The third-order valence-corrected chi connectivity index (χ3v) is 2.79. The number of nitrogens with two attached hydrogens (primary N) is 1. The molecule has 2 N–H and O–H groups in total. The molecule has 0 bridgehead atoms. The van der Waals surface area contributed by atoms with Gasteiger partial charge < -0.3 is 5.73 Å². The second-order valence-electron chi connectivity index (χ2n) is 4.38. The molecule has 2 rings (SSSR count). The van der Waals surface area contributed by atoms with Crippen LogP contribution in [-0.4, -0.2) is 33.8 Å². The fourth-order valence-electron chi connectivity index (χ4n) is 1.73. The summed E-state index contributed by atoms with van der Waals surface area (Å²) in [6.45, 7) is 3.76. The molecule has 5 nitrogen and oxygen atoms in total. The molecular formula is C11H13N3O2. The summed E-state index contributed by atoms with van der Waals surface area (Å²) < 4.78 is 0. The minimum Gasteiger partial charge on any atom is -0.328 e. The van der Waals surface area contributed by atoms with Gasteiger partial charge in [-0.3, -0.25) is 19.5 Å². The maximum atomic E-state index is 12.0. The number of amides is 2. The molecule has 0 unspecified atom stereocenters. The highest BCUT2D eigenvalue weighted by Crippen LogP contribution is 2.27. The highest BCUT2D eigenvalue weighted by molar-refractivity contribution is 6.21. The maximum Gasteiger partial charge on any atom is 0.263 e. The first-order chi connectivity index (χ1) is 7.49. The number of rotatable bonds is 2. The number of hydrogen-bond donors (Lipinski definition) is 1. The Morgan fingerprint density at radius 1 is 1.31 bits per heavy atom. The largest absolute Gasteiger partial charge is 0.328 e. The molecule has 16 heavy (non-hydrogen) atoms. The minimum atomic E-state index is -0.673. The molecule has 0 spiro atoms. The van der Waals surface area contributed by atoms with Gasteiger partial charge in [-0.1, -0.05) is 0 Å². The summed E-state index contributed by atoms with van der Waals surface area (Å²) in [5.41, 5.74) is 5.67. The monoisotopic (exact) mass is 219 g/mol. The molecule has 0 radical (unpaired) electrons. The number of imide groups is 1. The first-order valence-corrected chi connectivity index (χ1v) is 5.02. The van der Waals surface area contributed by atoms with Gasteiger partial charge in [0.1, 0.15) is 0 Å². The van der Waals surface area contributed by atoms with E-state index in [1.165, 1.54) is 17.3 Å². The van der Waals surface area contributed by atoms with Crippen molar-refractivity contribution < 1.29 is 9.59 Å². The summed E-state index contributed by atoms with van der Waals surface area (Å²) in [5.74, 6) is -0.610. The van der Waals surface area contributed by atoms with Crippen LogP contribution in [0.15, 0.2) is 18.5 Å². The van der Waals surface area contributed by atoms with E-state index in [-0.39, 0.29) is 18.4 Å². The van der Waals surface area contributed by atoms with Crippen molar-refractivity contribution in [3.63, 3.8) is 0 Å². The van der Waals surface area contributed by atoms with E-state index < -0.39 is 5.54 Å². The Hall–Kier alpha value is -1.75. The molecule has 1 aliphatic rings. The van der Waals surface area contributed by atoms with E-state index in [0.717, 1.165) is 0 Å². The number of hydrogen-bond acceptors (Lipinski definition) is 4. The lowest BCUT2D eigenvalue weighted by molar-refractivity contribution is 0.0493. The van der Waals surface area contributed by atoms with Crippen LogP contribution in [0.5, 0.6) is 0 Å². The molecule has 2 heterocycles. The van der Waals surface area contributed by atoms with Crippen LogP contribution >= 0.6 is 0 Å². The van der Waals surface area contributed by atoms with Gasteiger partial charge >= 0.3 is 0 Å². The lowest BCUT2D eigenvalue weighted by Gasteiger charge is -2.32. The molecule has 0 saturated carbocycles. The summed E-state index contributed by atoms with van der Waals surface area (Å²) in [6.07, 6.45) is 2.92. The van der Waals surface area contributed by atoms with Gasteiger partial charge in [-0.05, 0) is 19.9 Å². The smallest absolute Gasteiger partial charge is 0.263 e. The van der Waals surface area contributed by atoms with Crippen molar-refractivity contribution in [2.45, 2.75) is 19.4 Å². The predicted molar refractivity (Wildman–Crippen MR) is 57.9 cm³/mol. The first kappa shape index (κ1) is 10.8. The first-order valence-electron chi connectivity index (χ1n) is 5.02. The Morgan fingerprint density at radius 3 is 2.50 bits per heavy atom. The number of carbonyl (C=O) groups excluding carboxylic acids is 2. The number of fused-ring (bicyclic) bond motifs is 1. The Labute approximate surface area is 93.3 Å². The summed E-state index contributed by atoms with van der Waals surface area (Å²) >= 11 is 0. The zero-order valence-corrected chi connectivity index (χ0v) is 9.23. The van der Waals surface area contributed by atoms with Gasteiger partial charge in [-0.15, -0.1) is 0 Å². The van der Waals surface area contributed by atoms with Crippen LogP contribution in [-0.2, 0) is 0 Å². The average molecular weight is 219 g/mol. The van der Waals surface area contributed by atoms with Gasteiger partial charge in [-0.2, -0.15) is 0 Å². The van der Waals surface area contributed by atoms with Crippen LogP contribution in [0.4, 0.5) is 0 Å². The fraction of sp³-hybridized carbons (Fsp3) is 0.364. The van der Waals surface area contributed by atoms with Crippen molar-refractivity contribution in [1.82, 2.24) is 9.88 Å². The molecule has 0 saturated heterocycles. The van der Waals surface area contributed by atoms with Crippen LogP contribution in [0.3, 0.4) is 0 Å². The number of nitrogens with zero attached hydrogens (tertiary/aromatic N) is 2. The molecule has 0 atom stereocenters. The number of carbonyl (C=O) groups is 2. The van der Waals surface area contributed by atoms with Crippen molar-refractivity contribution >= 4 is 11.8 Å². The fourth-order valence-corrected chi connectivity index (χ4v) is 1.73. The molecule has 1 aromatic rings. The highest BCUT2D eigenvalue weighted by Gasteiger charge is 2.43. The van der Waals surface area contributed by atoms with Gasteiger partial charge in [0.2, 0.25) is 0 Å². The van der Waals surface area contributed by atoms with Crippen LogP contribution in [0.2, 0.25) is 0 Å². The Morgan fingerprint density at radius 2 is 1.94 bits per heavy atom. The molecule has 1 aromatic heterocycles. The molecule has 1 aliphatic heterocycles. The molecule has 0 aromatic carbocycles.